The molecule has 6 nitrogen and oxygen atoms in total. The monoisotopic (exact) mass is 200 g/mol. The quantitative estimate of drug-likeness (QED) is 0.331. The van der Waals surface area contributed by atoms with Gasteiger partial charge in [-0.1, -0.05) is 11.8 Å². The predicted molar refractivity (Wildman–Crippen MR) is 49.6 cm³/mol. The summed E-state index contributed by atoms with van der Waals surface area (Å²) in [6.45, 7) is 1.54. The van der Waals surface area contributed by atoms with Crippen LogP contribution in [0.15, 0.2) is 5.16 Å². The van der Waals surface area contributed by atoms with Gasteiger partial charge in [-0.3, -0.25) is 10.1 Å². The van der Waals surface area contributed by atoms with Crippen LogP contribution in [0.5, 0.6) is 0 Å². The third kappa shape index (κ3) is 1.86. The van der Waals surface area contributed by atoms with Crippen molar-refractivity contribution >= 4 is 23.3 Å². The molecule has 0 unspecified atom stereocenters. The van der Waals surface area contributed by atoms with Crippen LogP contribution in [0.1, 0.15) is 5.69 Å². The number of thioether (sulfide) groups is 1. The molecule has 0 aliphatic rings. The molecule has 0 aliphatic heterocycles. The van der Waals surface area contributed by atoms with E-state index in [1.807, 2.05) is 0 Å². The summed E-state index contributed by atoms with van der Waals surface area (Å²) in [5.41, 5.74) is 5.48. The van der Waals surface area contributed by atoms with Crippen LogP contribution in [-0.2, 0) is 0 Å². The maximum absolute atomic E-state index is 10.5. The molecule has 70 valence electrons. The fourth-order valence-corrected chi connectivity index (χ4v) is 1.30. The Kier molecular flexibility index (Phi) is 2.66. The van der Waals surface area contributed by atoms with Gasteiger partial charge in [0.25, 0.3) is 0 Å². The zero-order chi connectivity index (χ0) is 10.0. The van der Waals surface area contributed by atoms with E-state index in [1.54, 1.807) is 6.26 Å². The summed E-state index contributed by atoms with van der Waals surface area (Å²) in [6.07, 6.45) is 1.78. The Balaban J connectivity index is 3.31. The minimum Gasteiger partial charge on any atom is -0.378 e. The normalized spacial score (nSPS) is 10.0. The smallest absolute Gasteiger partial charge is 0.332 e. The topological polar surface area (TPSA) is 94.9 Å². The van der Waals surface area contributed by atoms with Crippen molar-refractivity contribution in [2.45, 2.75) is 12.1 Å². The zero-order valence-electron chi connectivity index (χ0n) is 7.14. The fourth-order valence-electron chi connectivity index (χ4n) is 0.880. The minimum absolute atomic E-state index is 0.0816. The average molecular weight is 200 g/mol. The number of nitrogens with two attached hydrogens (primary N) is 1. The van der Waals surface area contributed by atoms with Crippen molar-refractivity contribution in [2.75, 3.05) is 12.0 Å². The first-order valence-electron chi connectivity index (χ1n) is 3.38. The van der Waals surface area contributed by atoms with E-state index in [9.17, 15) is 10.1 Å². The molecule has 13 heavy (non-hydrogen) atoms. The Hall–Kier alpha value is -1.37. The van der Waals surface area contributed by atoms with E-state index < -0.39 is 4.92 Å². The third-order valence-corrected chi connectivity index (χ3v) is 1.98. The van der Waals surface area contributed by atoms with Crippen LogP contribution >= 0.6 is 11.8 Å². The molecule has 0 spiro atoms. The summed E-state index contributed by atoms with van der Waals surface area (Å²) in [5.74, 6) is -0.0816. The van der Waals surface area contributed by atoms with Crippen molar-refractivity contribution in [3.63, 3.8) is 0 Å². The largest absolute Gasteiger partial charge is 0.378 e. The van der Waals surface area contributed by atoms with Crippen molar-refractivity contribution in [3.05, 3.63) is 15.8 Å². The first kappa shape index (κ1) is 9.72. The first-order valence-corrected chi connectivity index (χ1v) is 4.61. The van der Waals surface area contributed by atoms with Crippen molar-refractivity contribution in [1.29, 1.82) is 0 Å². The summed E-state index contributed by atoms with van der Waals surface area (Å²) < 4.78 is 0. The lowest BCUT2D eigenvalue weighted by Gasteiger charge is -2.01. The highest BCUT2D eigenvalue weighted by atomic mass is 32.2. The lowest BCUT2D eigenvalue weighted by atomic mass is 10.3. The number of nitrogen functional groups attached to an aromatic ring is 1. The number of aromatic nitrogens is 2. The Labute approximate surface area is 78.7 Å². The van der Waals surface area contributed by atoms with Gasteiger partial charge in [-0.25, -0.2) is 4.98 Å². The molecule has 0 bridgehead atoms. The number of anilines is 1. The van der Waals surface area contributed by atoms with E-state index in [2.05, 4.69) is 9.97 Å². The van der Waals surface area contributed by atoms with Gasteiger partial charge in [0.15, 0.2) is 5.16 Å². The third-order valence-electron chi connectivity index (χ3n) is 1.43. The summed E-state index contributed by atoms with van der Waals surface area (Å²) in [6, 6.07) is 0. The van der Waals surface area contributed by atoms with Crippen LogP contribution in [0.4, 0.5) is 11.5 Å². The molecule has 1 aromatic rings. The van der Waals surface area contributed by atoms with Crippen molar-refractivity contribution in [3.8, 4) is 0 Å². The van der Waals surface area contributed by atoms with E-state index in [-0.39, 0.29) is 11.5 Å². The molecule has 1 aromatic heterocycles. The molecular weight excluding hydrogens is 192 g/mol. The summed E-state index contributed by atoms with van der Waals surface area (Å²) >= 11 is 1.29. The SMILES string of the molecule is CSc1nc(C)c([N+](=O)[O-])c(N)n1. The van der Waals surface area contributed by atoms with E-state index in [1.165, 1.54) is 18.7 Å². The van der Waals surface area contributed by atoms with Crippen LogP contribution in [0.2, 0.25) is 0 Å². The molecule has 2 N–H and O–H groups in total. The average Bonchev–Trinajstić information content (AvgIpc) is 2.02. The molecule has 0 saturated carbocycles. The van der Waals surface area contributed by atoms with Crippen LogP contribution in [-0.4, -0.2) is 21.1 Å². The van der Waals surface area contributed by atoms with Gasteiger partial charge in [-0.2, -0.15) is 4.98 Å². The highest BCUT2D eigenvalue weighted by molar-refractivity contribution is 7.98. The lowest BCUT2D eigenvalue weighted by molar-refractivity contribution is -0.385. The number of hydrogen-bond acceptors (Lipinski definition) is 6. The molecule has 1 heterocycles. The molecule has 0 aliphatic carbocycles. The van der Waals surface area contributed by atoms with Gasteiger partial charge in [0.1, 0.15) is 5.69 Å². The van der Waals surface area contributed by atoms with E-state index >= 15 is 0 Å². The number of nitrogens with zero attached hydrogens (tertiary/aromatic N) is 3. The van der Waals surface area contributed by atoms with Gasteiger partial charge in [-0.15, -0.1) is 0 Å². The maximum atomic E-state index is 10.5. The van der Waals surface area contributed by atoms with Crippen LogP contribution in [0, 0.1) is 17.0 Å². The highest BCUT2D eigenvalue weighted by Gasteiger charge is 2.18. The van der Waals surface area contributed by atoms with Gasteiger partial charge >= 0.3 is 5.69 Å². The summed E-state index contributed by atoms with van der Waals surface area (Å²) in [7, 11) is 0. The Morgan fingerprint density at radius 2 is 2.15 bits per heavy atom. The fraction of sp³-hybridized carbons (Fsp3) is 0.333. The molecule has 0 saturated heterocycles. The van der Waals surface area contributed by atoms with Gasteiger partial charge in [-0.05, 0) is 13.2 Å². The Morgan fingerprint density at radius 1 is 1.54 bits per heavy atom. The maximum Gasteiger partial charge on any atom is 0.332 e. The number of hydrogen-bond donors (Lipinski definition) is 1. The number of nitro groups is 1. The summed E-state index contributed by atoms with van der Waals surface area (Å²) in [5, 5.41) is 10.9. The summed E-state index contributed by atoms with van der Waals surface area (Å²) in [4.78, 5) is 17.6. The van der Waals surface area contributed by atoms with Crippen molar-refractivity contribution < 1.29 is 4.92 Å². The van der Waals surface area contributed by atoms with Crippen molar-refractivity contribution in [1.82, 2.24) is 9.97 Å². The second-order valence-corrected chi connectivity index (χ2v) is 3.06. The van der Waals surface area contributed by atoms with E-state index in [0.717, 1.165) is 0 Å². The molecule has 1 rings (SSSR count). The van der Waals surface area contributed by atoms with Crippen LogP contribution < -0.4 is 5.73 Å². The standard InChI is InChI=1S/C6H8N4O2S/c1-3-4(10(11)12)5(7)9-6(8-3)13-2/h1-2H3,(H2,7,8,9). The van der Waals surface area contributed by atoms with E-state index in [0.29, 0.717) is 10.9 Å². The van der Waals surface area contributed by atoms with Crippen molar-refractivity contribution in [2.24, 2.45) is 0 Å². The van der Waals surface area contributed by atoms with Gasteiger partial charge in [0.05, 0.1) is 4.92 Å². The zero-order valence-corrected chi connectivity index (χ0v) is 7.96. The number of aryl methyl sites for hydroxylation is 1. The molecule has 0 radical (unpaired) electrons. The molecule has 0 fully saturated rings. The van der Waals surface area contributed by atoms with Gasteiger partial charge < -0.3 is 5.73 Å². The predicted octanol–water partition coefficient (Wildman–Crippen LogP) is 0.997. The molecule has 0 atom stereocenters. The van der Waals surface area contributed by atoms with Crippen LogP contribution in [0.3, 0.4) is 0 Å². The second kappa shape index (κ2) is 3.56. The first-order chi connectivity index (χ1) is 6.06. The highest BCUT2D eigenvalue weighted by Crippen LogP contribution is 2.24. The van der Waals surface area contributed by atoms with Gasteiger partial charge in [0.2, 0.25) is 5.82 Å². The number of rotatable bonds is 2. The molecule has 7 heteroatoms. The molecular formula is C6H8N4O2S. The van der Waals surface area contributed by atoms with Gasteiger partial charge in [0, 0.05) is 0 Å². The lowest BCUT2D eigenvalue weighted by Crippen LogP contribution is -2.04. The second-order valence-electron chi connectivity index (χ2n) is 2.29. The van der Waals surface area contributed by atoms with E-state index in [4.69, 9.17) is 5.73 Å². The van der Waals surface area contributed by atoms with Crippen LogP contribution in [0.25, 0.3) is 0 Å². The minimum atomic E-state index is -0.575. The molecule has 0 aromatic carbocycles. The Bertz CT molecular complexity index is 331. The molecule has 0 amide bonds. The Morgan fingerprint density at radius 3 is 2.54 bits per heavy atom.